The van der Waals surface area contributed by atoms with Gasteiger partial charge in [-0.3, -0.25) is 14.4 Å². The van der Waals surface area contributed by atoms with Gasteiger partial charge in [-0.1, -0.05) is 37.6 Å². The van der Waals surface area contributed by atoms with Crippen LogP contribution in [0.2, 0.25) is 5.02 Å². The Kier molecular flexibility index (Phi) is 10.9. The molecule has 3 aliphatic rings. The Balaban J connectivity index is 1.38. The molecule has 1 aromatic rings. The second-order valence-electron chi connectivity index (χ2n) is 12.2. The highest BCUT2D eigenvalue weighted by Gasteiger charge is 2.38. The van der Waals surface area contributed by atoms with Gasteiger partial charge >= 0.3 is 6.09 Å². The lowest BCUT2D eigenvalue weighted by Crippen LogP contribution is -2.56. The zero-order valence-corrected chi connectivity index (χ0v) is 24.6. The Labute approximate surface area is 246 Å². The molecule has 3 unspecified atom stereocenters. The Bertz CT molecular complexity index is 1100. The molecular weight excluding hydrogens is 548 g/mol. The van der Waals surface area contributed by atoms with Crippen molar-refractivity contribution < 1.29 is 29.0 Å². The van der Waals surface area contributed by atoms with Crippen LogP contribution in [0.5, 0.6) is 0 Å². The number of nitrogens with one attached hydrogen (secondary N) is 4. The van der Waals surface area contributed by atoms with Crippen LogP contribution in [-0.4, -0.2) is 65.8 Å². The second-order valence-corrected chi connectivity index (χ2v) is 12.6. The molecule has 1 saturated heterocycles. The minimum Gasteiger partial charge on any atom is -0.446 e. The van der Waals surface area contributed by atoms with Gasteiger partial charge in [0.2, 0.25) is 11.8 Å². The number of hydrogen-bond donors (Lipinski definition) is 5. The molecular formula is C30H43ClN4O6. The first-order valence-electron chi connectivity index (χ1n) is 14.9. The SMILES string of the molecule is CC(C)C[C@H](NC(=O)OC1CCCC1Cc1cccc(Cl)c1)C(=O)N[C@@H](C[C@@H]1CCNC1=O)C(O)C(=O)NC1CC1. The Hall–Kier alpha value is -2.85. The van der Waals surface area contributed by atoms with Crippen molar-refractivity contribution in [2.24, 2.45) is 17.8 Å². The van der Waals surface area contributed by atoms with E-state index in [0.717, 1.165) is 44.1 Å². The van der Waals surface area contributed by atoms with Crippen molar-refractivity contribution in [1.29, 1.82) is 0 Å². The Morgan fingerprint density at radius 2 is 1.88 bits per heavy atom. The van der Waals surface area contributed by atoms with Crippen LogP contribution in [0.4, 0.5) is 4.79 Å². The van der Waals surface area contributed by atoms with Gasteiger partial charge in [-0.2, -0.15) is 0 Å². The number of benzene rings is 1. The van der Waals surface area contributed by atoms with E-state index in [1.54, 1.807) is 0 Å². The summed E-state index contributed by atoms with van der Waals surface area (Å²) < 4.78 is 5.82. The number of alkyl carbamates (subject to hydrolysis) is 1. The summed E-state index contributed by atoms with van der Waals surface area (Å²) in [6.45, 7) is 4.38. The molecule has 5 N–H and O–H groups in total. The maximum atomic E-state index is 13.5. The normalized spacial score (nSPS) is 24.3. The highest BCUT2D eigenvalue weighted by atomic mass is 35.5. The van der Waals surface area contributed by atoms with E-state index in [2.05, 4.69) is 21.3 Å². The number of aliphatic hydroxyl groups excluding tert-OH is 1. The molecule has 6 atom stereocenters. The molecule has 2 aliphatic carbocycles. The van der Waals surface area contributed by atoms with E-state index in [0.29, 0.717) is 24.4 Å². The third-order valence-electron chi connectivity index (χ3n) is 8.15. The molecule has 10 nitrogen and oxygen atoms in total. The number of amides is 4. The molecule has 0 aromatic heterocycles. The molecule has 4 rings (SSSR count). The van der Waals surface area contributed by atoms with E-state index in [-0.39, 0.29) is 36.3 Å². The van der Waals surface area contributed by atoms with Crippen LogP contribution in [-0.2, 0) is 25.5 Å². The van der Waals surface area contributed by atoms with Gasteiger partial charge in [0, 0.05) is 29.4 Å². The van der Waals surface area contributed by atoms with Gasteiger partial charge in [0.05, 0.1) is 6.04 Å². The summed E-state index contributed by atoms with van der Waals surface area (Å²) in [5.41, 5.74) is 1.08. The predicted octanol–water partition coefficient (Wildman–Crippen LogP) is 2.84. The fourth-order valence-electron chi connectivity index (χ4n) is 5.80. The summed E-state index contributed by atoms with van der Waals surface area (Å²) in [4.78, 5) is 51.4. The monoisotopic (exact) mass is 590 g/mol. The number of hydrogen-bond acceptors (Lipinski definition) is 6. The van der Waals surface area contributed by atoms with Crippen LogP contribution in [0.25, 0.3) is 0 Å². The van der Waals surface area contributed by atoms with Crippen molar-refractivity contribution in [3.8, 4) is 0 Å². The third kappa shape index (κ3) is 9.33. The molecule has 226 valence electrons. The van der Waals surface area contributed by atoms with Crippen LogP contribution < -0.4 is 21.3 Å². The molecule has 1 aliphatic heterocycles. The van der Waals surface area contributed by atoms with Crippen LogP contribution in [0.3, 0.4) is 0 Å². The molecule has 41 heavy (non-hydrogen) atoms. The smallest absolute Gasteiger partial charge is 0.408 e. The van der Waals surface area contributed by atoms with Crippen molar-refractivity contribution in [3.05, 3.63) is 34.9 Å². The van der Waals surface area contributed by atoms with Crippen molar-refractivity contribution in [2.45, 2.75) is 102 Å². The van der Waals surface area contributed by atoms with Gasteiger partial charge in [0.25, 0.3) is 5.91 Å². The largest absolute Gasteiger partial charge is 0.446 e. The minimum atomic E-state index is -1.52. The van der Waals surface area contributed by atoms with Gasteiger partial charge in [-0.15, -0.1) is 0 Å². The van der Waals surface area contributed by atoms with Crippen molar-refractivity contribution >= 4 is 35.4 Å². The zero-order chi connectivity index (χ0) is 29.5. The summed E-state index contributed by atoms with van der Waals surface area (Å²) >= 11 is 6.14. The fourth-order valence-corrected chi connectivity index (χ4v) is 6.01. The number of carbonyl (C=O) groups is 4. The number of halogens is 1. The first-order valence-corrected chi connectivity index (χ1v) is 15.2. The Morgan fingerprint density at radius 3 is 2.54 bits per heavy atom. The molecule has 0 spiro atoms. The predicted molar refractivity (Wildman–Crippen MR) is 154 cm³/mol. The van der Waals surface area contributed by atoms with Gasteiger partial charge < -0.3 is 31.1 Å². The van der Waals surface area contributed by atoms with E-state index in [1.807, 2.05) is 38.1 Å². The number of rotatable bonds is 13. The molecule has 11 heteroatoms. The number of carbonyl (C=O) groups excluding carboxylic acids is 4. The lowest BCUT2D eigenvalue weighted by atomic mass is 9.93. The highest BCUT2D eigenvalue weighted by Crippen LogP contribution is 2.32. The molecule has 3 fully saturated rings. The topological polar surface area (TPSA) is 146 Å². The maximum absolute atomic E-state index is 13.5. The van der Waals surface area contributed by atoms with Crippen LogP contribution >= 0.6 is 11.6 Å². The maximum Gasteiger partial charge on any atom is 0.408 e. The fraction of sp³-hybridized carbons (Fsp3) is 0.667. The second kappa shape index (κ2) is 14.4. The molecule has 2 saturated carbocycles. The first-order chi connectivity index (χ1) is 19.6. The van der Waals surface area contributed by atoms with Gasteiger partial charge in [-0.25, -0.2) is 4.79 Å². The molecule has 0 bridgehead atoms. The molecule has 4 amide bonds. The van der Waals surface area contributed by atoms with E-state index >= 15 is 0 Å². The molecule has 1 heterocycles. The van der Waals surface area contributed by atoms with Crippen molar-refractivity contribution in [2.75, 3.05) is 6.54 Å². The highest BCUT2D eigenvalue weighted by molar-refractivity contribution is 6.30. The van der Waals surface area contributed by atoms with Crippen LogP contribution in [0.1, 0.15) is 70.8 Å². The summed E-state index contributed by atoms with van der Waals surface area (Å²) in [6, 6.07) is 5.77. The summed E-state index contributed by atoms with van der Waals surface area (Å²) in [5, 5.41) is 22.6. The van der Waals surface area contributed by atoms with Crippen LogP contribution in [0, 0.1) is 17.8 Å². The minimum absolute atomic E-state index is 0.0340. The standard InChI is InChI=1S/C30H43ClN4O6/c1-17(2)13-24(35-30(40)41-25-8-4-6-19(25)14-18-5-3-7-21(31)15-18)28(38)34-23(16-20-11-12-32-27(20)37)26(36)29(39)33-22-9-10-22/h3,5,7,15,17,19-20,22-26,36H,4,6,8-14,16H2,1-2H3,(H,32,37)(H,33,39)(H,34,38)(H,35,40)/t19?,20-,23-,24-,25?,26?/m0/s1. The van der Waals surface area contributed by atoms with Crippen LogP contribution in [0.15, 0.2) is 24.3 Å². The first kappa shape index (κ1) is 31.1. The van der Waals surface area contributed by atoms with E-state index < -0.39 is 42.0 Å². The quantitative estimate of drug-likeness (QED) is 0.239. The van der Waals surface area contributed by atoms with Crippen molar-refractivity contribution in [1.82, 2.24) is 21.3 Å². The van der Waals surface area contributed by atoms with E-state index in [1.165, 1.54) is 0 Å². The summed E-state index contributed by atoms with van der Waals surface area (Å²) in [7, 11) is 0. The average molecular weight is 591 g/mol. The lowest BCUT2D eigenvalue weighted by Gasteiger charge is -2.28. The average Bonchev–Trinajstić information content (AvgIpc) is 3.48. The van der Waals surface area contributed by atoms with Gasteiger partial charge in [-0.05, 0) is 81.4 Å². The van der Waals surface area contributed by atoms with E-state index in [9.17, 15) is 24.3 Å². The van der Waals surface area contributed by atoms with E-state index in [4.69, 9.17) is 16.3 Å². The van der Waals surface area contributed by atoms with Gasteiger partial charge in [0.1, 0.15) is 12.1 Å². The van der Waals surface area contributed by atoms with Gasteiger partial charge in [0.15, 0.2) is 6.10 Å². The van der Waals surface area contributed by atoms with Crippen molar-refractivity contribution in [3.63, 3.8) is 0 Å². The summed E-state index contributed by atoms with van der Waals surface area (Å²) in [6.07, 6.45) is 3.58. The lowest BCUT2D eigenvalue weighted by molar-refractivity contribution is -0.134. The number of aliphatic hydroxyl groups is 1. The third-order valence-corrected chi connectivity index (χ3v) is 8.39. The Morgan fingerprint density at radius 1 is 1.10 bits per heavy atom. The molecule has 0 radical (unpaired) electrons. The molecule has 1 aromatic carbocycles. The summed E-state index contributed by atoms with van der Waals surface area (Å²) in [5.74, 6) is -1.48. The number of ether oxygens (including phenoxy) is 1. The zero-order valence-electron chi connectivity index (χ0n) is 23.9.